The van der Waals surface area contributed by atoms with E-state index in [0.717, 1.165) is 5.56 Å². The number of nitrogens with one attached hydrogen (secondary N) is 2. The van der Waals surface area contributed by atoms with Crippen LogP contribution in [0.5, 0.6) is 0 Å². The van der Waals surface area contributed by atoms with Crippen LogP contribution < -0.4 is 11.1 Å². The van der Waals surface area contributed by atoms with Crippen molar-refractivity contribution in [1.82, 2.24) is 0 Å². The van der Waals surface area contributed by atoms with E-state index in [9.17, 15) is 4.79 Å². The molecule has 0 aromatic heterocycles. The van der Waals surface area contributed by atoms with Gasteiger partial charge in [0.2, 0.25) is 0 Å². The number of amidine groups is 1. The average Bonchev–Trinajstić information content (AvgIpc) is 2.18. The highest BCUT2D eigenvalue weighted by Crippen LogP contribution is 2.10. The van der Waals surface area contributed by atoms with Gasteiger partial charge in [-0.25, -0.2) is 4.79 Å². The molecule has 92 valence electrons. The molecule has 1 aromatic rings. The van der Waals surface area contributed by atoms with E-state index in [-0.39, 0.29) is 11.9 Å². The number of carbonyl (C=O) groups is 1. The van der Waals surface area contributed by atoms with Crippen LogP contribution in [-0.4, -0.2) is 18.0 Å². The van der Waals surface area contributed by atoms with Crippen molar-refractivity contribution in [1.29, 1.82) is 5.41 Å². The molecule has 0 aliphatic heterocycles. The van der Waals surface area contributed by atoms with E-state index in [1.54, 1.807) is 26.0 Å². The van der Waals surface area contributed by atoms with E-state index in [1.807, 2.05) is 12.1 Å². The minimum atomic E-state index is -0.473. The highest BCUT2D eigenvalue weighted by molar-refractivity contribution is 5.85. The molecule has 0 heterocycles. The fraction of sp³-hybridized carbons (Fsp3) is 0.333. The van der Waals surface area contributed by atoms with E-state index < -0.39 is 6.09 Å². The van der Waals surface area contributed by atoms with Crippen LogP contribution in [0.15, 0.2) is 24.3 Å². The summed E-state index contributed by atoms with van der Waals surface area (Å²) < 4.78 is 4.94. The van der Waals surface area contributed by atoms with Gasteiger partial charge in [0, 0.05) is 12.1 Å². The molecular formula is C12H17N3O2. The summed E-state index contributed by atoms with van der Waals surface area (Å²) in [6.45, 7) is 3.57. The zero-order valence-corrected chi connectivity index (χ0v) is 9.99. The summed E-state index contributed by atoms with van der Waals surface area (Å²) in [4.78, 5) is 11.3. The molecule has 0 atom stereocenters. The summed E-state index contributed by atoms with van der Waals surface area (Å²) >= 11 is 0. The Labute approximate surface area is 100 Å². The maximum absolute atomic E-state index is 11.3. The standard InChI is InChI=1S/C12H17N3O2/c1-8(2)17-12(16)15-10-5-3-9(4-6-10)7-11(13)14/h3-6,8H,7H2,1-2H3,(H3,13,14)(H,15,16). The maximum atomic E-state index is 11.3. The molecule has 5 heteroatoms. The highest BCUT2D eigenvalue weighted by Gasteiger charge is 2.05. The van der Waals surface area contributed by atoms with Gasteiger partial charge in [0.1, 0.15) is 0 Å². The molecule has 0 radical (unpaired) electrons. The van der Waals surface area contributed by atoms with E-state index in [2.05, 4.69) is 5.32 Å². The third kappa shape index (κ3) is 5.01. The number of nitrogens with two attached hydrogens (primary N) is 1. The zero-order chi connectivity index (χ0) is 12.8. The number of benzene rings is 1. The van der Waals surface area contributed by atoms with Crippen LogP contribution >= 0.6 is 0 Å². The first-order valence-electron chi connectivity index (χ1n) is 5.37. The molecule has 0 unspecified atom stereocenters. The van der Waals surface area contributed by atoms with Gasteiger partial charge in [-0.15, -0.1) is 0 Å². The van der Waals surface area contributed by atoms with E-state index in [0.29, 0.717) is 12.1 Å². The van der Waals surface area contributed by atoms with Gasteiger partial charge >= 0.3 is 6.09 Å². The van der Waals surface area contributed by atoms with Crippen molar-refractivity contribution in [3.63, 3.8) is 0 Å². The lowest BCUT2D eigenvalue weighted by Gasteiger charge is -2.09. The third-order valence-corrected chi connectivity index (χ3v) is 1.94. The van der Waals surface area contributed by atoms with Gasteiger partial charge in [0.25, 0.3) is 0 Å². The normalized spacial score (nSPS) is 10.1. The molecule has 5 nitrogen and oxygen atoms in total. The van der Waals surface area contributed by atoms with Gasteiger partial charge < -0.3 is 10.5 Å². The first-order valence-corrected chi connectivity index (χ1v) is 5.37. The van der Waals surface area contributed by atoms with Gasteiger partial charge in [0.15, 0.2) is 0 Å². The molecular weight excluding hydrogens is 218 g/mol. The summed E-state index contributed by atoms with van der Waals surface area (Å²) in [5.41, 5.74) is 6.88. The van der Waals surface area contributed by atoms with Crippen molar-refractivity contribution in [2.24, 2.45) is 5.73 Å². The van der Waals surface area contributed by atoms with E-state index in [4.69, 9.17) is 15.9 Å². The van der Waals surface area contributed by atoms with Crippen LogP contribution in [0.3, 0.4) is 0 Å². The molecule has 4 N–H and O–H groups in total. The number of ether oxygens (including phenoxy) is 1. The predicted molar refractivity (Wildman–Crippen MR) is 67.3 cm³/mol. The first-order chi connectivity index (χ1) is 7.97. The molecule has 0 fully saturated rings. The Morgan fingerprint density at radius 1 is 1.41 bits per heavy atom. The van der Waals surface area contributed by atoms with Crippen molar-refractivity contribution in [3.8, 4) is 0 Å². The Hall–Kier alpha value is -2.04. The number of amides is 1. The van der Waals surface area contributed by atoms with Crippen molar-refractivity contribution in [2.45, 2.75) is 26.4 Å². The summed E-state index contributed by atoms with van der Waals surface area (Å²) in [5.74, 6) is 0.116. The molecule has 0 aliphatic rings. The largest absolute Gasteiger partial charge is 0.447 e. The van der Waals surface area contributed by atoms with Crippen molar-refractivity contribution >= 4 is 17.6 Å². The van der Waals surface area contributed by atoms with Gasteiger partial charge in [-0.05, 0) is 31.5 Å². The average molecular weight is 235 g/mol. The summed E-state index contributed by atoms with van der Waals surface area (Å²) in [6.07, 6.45) is -0.206. The Bertz CT molecular complexity index is 399. The van der Waals surface area contributed by atoms with Gasteiger partial charge in [-0.3, -0.25) is 10.7 Å². The molecule has 17 heavy (non-hydrogen) atoms. The third-order valence-electron chi connectivity index (χ3n) is 1.94. The molecule has 1 amide bonds. The van der Waals surface area contributed by atoms with Crippen molar-refractivity contribution < 1.29 is 9.53 Å². The second kappa shape index (κ2) is 5.89. The lowest BCUT2D eigenvalue weighted by atomic mass is 10.1. The van der Waals surface area contributed by atoms with Gasteiger partial charge in [-0.2, -0.15) is 0 Å². The smallest absolute Gasteiger partial charge is 0.411 e. The molecule has 0 bridgehead atoms. The number of hydrogen-bond acceptors (Lipinski definition) is 3. The van der Waals surface area contributed by atoms with Crippen molar-refractivity contribution in [3.05, 3.63) is 29.8 Å². The summed E-state index contributed by atoms with van der Waals surface area (Å²) in [6, 6.07) is 7.12. The fourth-order valence-corrected chi connectivity index (χ4v) is 1.29. The second-order valence-corrected chi connectivity index (χ2v) is 3.98. The Morgan fingerprint density at radius 2 is 2.00 bits per heavy atom. The highest BCUT2D eigenvalue weighted by atomic mass is 16.6. The molecule has 0 spiro atoms. The number of carbonyl (C=O) groups excluding carboxylic acids is 1. The summed E-state index contributed by atoms with van der Waals surface area (Å²) in [7, 11) is 0. The van der Waals surface area contributed by atoms with Gasteiger partial charge in [-0.1, -0.05) is 12.1 Å². The van der Waals surface area contributed by atoms with Crippen LogP contribution in [0.4, 0.5) is 10.5 Å². The Balaban J connectivity index is 2.56. The first kappa shape index (κ1) is 13.0. The fourth-order valence-electron chi connectivity index (χ4n) is 1.29. The van der Waals surface area contributed by atoms with E-state index >= 15 is 0 Å². The Morgan fingerprint density at radius 3 is 2.47 bits per heavy atom. The summed E-state index contributed by atoms with van der Waals surface area (Å²) in [5, 5.41) is 9.77. The lowest BCUT2D eigenvalue weighted by molar-refractivity contribution is 0.130. The quantitative estimate of drug-likeness (QED) is 0.551. The molecule has 1 rings (SSSR count). The van der Waals surface area contributed by atoms with Crippen molar-refractivity contribution in [2.75, 3.05) is 5.32 Å². The molecule has 0 aliphatic carbocycles. The molecule has 1 aromatic carbocycles. The second-order valence-electron chi connectivity index (χ2n) is 3.98. The topological polar surface area (TPSA) is 88.2 Å². The zero-order valence-electron chi connectivity index (χ0n) is 9.99. The SMILES string of the molecule is CC(C)OC(=O)Nc1ccc(CC(=N)N)cc1. The minimum absolute atomic E-state index is 0.116. The predicted octanol–water partition coefficient (Wildman–Crippen LogP) is 2.12. The maximum Gasteiger partial charge on any atom is 0.411 e. The minimum Gasteiger partial charge on any atom is -0.447 e. The lowest BCUT2D eigenvalue weighted by Crippen LogP contribution is -2.18. The van der Waals surface area contributed by atoms with Crippen LogP contribution in [0.25, 0.3) is 0 Å². The monoisotopic (exact) mass is 235 g/mol. The molecule has 0 saturated carbocycles. The van der Waals surface area contributed by atoms with Crippen LogP contribution in [0.2, 0.25) is 0 Å². The molecule has 0 saturated heterocycles. The number of hydrogen-bond donors (Lipinski definition) is 3. The number of anilines is 1. The van der Waals surface area contributed by atoms with Crippen LogP contribution in [0, 0.1) is 5.41 Å². The van der Waals surface area contributed by atoms with Crippen LogP contribution in [0.1, 0.15) is 19.4 Å². The van der Waals surface area contributed by atoms with E-state index in [1.165, 1.54) is 0 Å². The van der Waals surface area contributed by atoms with Gasteiger partial charge in [0.05, 0.1) is 11.9 Å². The number of rotatable bonds is 4. The van der Waals surface area contributed by atoms with Crippen LogP contribution in [-0.2, 0) is 11.2 Å². The Kier molecular flexibility index (Phi) is 4.51.